The number of thioether (sulfide) groups is 1. The van der Waals surface area contributed by atoms with E-state index in [0.29, 0.717) is 10.4 Å². The van der Waals surface area contributed by atoms with Gasteiger partial charge in [-0.05, 0) is 30.0 Å². The van der Waals surface area contributed by atoms with Crippen LogP contribution in [-0.2, 0) is 0 Å². The van der Waals surface area contributed by atoms with Crippen molar-refractivity contribution >= 4 is 52.1 Å². The van der Waals surface area contributed by atoms with Crippen molar-refractivity contribution in [3.63, 3.8) is 0 Å². The SMILES string of the molecule is Clc1nc(Cl)c2c(n1)C1=CCC(Cl)CC1S2. The van der Waals surface area contributed by atoms with Crippen LogP contribution in [0, 0.1) is 0 Å². The first-order chi connectivity index (χ1) is 7.65. The number of nitrogens with zero attached hydrogens (tertiary/aromatic N) is 2. The second-order valence-electron chi connectivity index (χ2n) is 3.80. The molecule has 3 rings (SSSR count). The number of alkyl halides is 1. The highest BCUT2D eigenvalue weighted by molar-refractivity contribution is 8.01. The molecule has 0 N–H and O–H groups in total. The van der Waals surface area contributed by atoms with Crippen molar-refractivity contribution in [1.29, 1.82) is 0 Å². The van der Waals surface area contributed by atoms with Gasteiger partial charge in [0.1, 0.15) is 5.15 Å². The van der Waals surface area contributed by atoms with Crippen molar-refractivity contribution in [3.05, 3.63) is 22.2 Å². The van der Waals surface area contributed by atoms with Crippen LogP contribution in [-0.4, -0.2) is 20.6 Å². The first-order valence-electron chi connectivity index (χ1n) is 4.89. The van der Waals surface area contributed by atoms with Crippen LogP contribution in [0.4, 0.5) is 0 Å². The van der Waals surface area contributed by atoms with Crippen molar-refractivity contribution in [1.82, 2.24) is 9.97 Å². The lowest BCUT2D eigenvalue weighted by Crippen LogP contribution is -2.14. The van der Waals surface area contributed by atoms with Crippen LogP contribution in [0.5, 0.6) is 0 Å². The maximum atomic E-state index is 6.14. The zero-order valence-electron chi connectivity index (χ0n) is 8.08. The number of allylic oxidation sites excluding steroid dienone is 1. The summed E-state index contributed by atoms with van der Waals surface area (Å²) in [6, 6.07) is 0. The minimum absolute atomic E-state index is 0.206. The lowest BCUT2D eigenvalue weighted by atomic mass is 9.96. The Morgan fingerprint density at radius 1 is 1.31 bits per heavy atom. The third-order valence-corrected chi connectivity index (χ3v) is 5.00. The van der Waals surface area contributed by atoms with Crippen LogP contribution >= 0.6 is 46.6 Å². The Labute approximate surface area is 112 Å². The summed E-state index contributed by atoms with van der Waals surface area (Å²) in [4.78, 5) is 9.16. The lowest BCUT2D eigenvalue weighted by molar-refractivity contribution is 0.764. The van der Waals surface area contributed by atoms with Gasteiger partial charge in [0.25, 0.3) is 0 Å². The molecule has 0 saturated heterocycles. The molecule has 0 bridgehead atoms. The van der Waals surface area contributed by atoms with Crippen LogP contribution in [0.1, 0.15) is 18.5 Å². The highest BCUT2D eigenvalue weighted by atomic mass is 35.5. The van der Waals surface area contributed by atoms with Crippen LogP contribution in [0.2, 0.25) is 10.4 Å². The van der Waals surface area contributed by atoms with E-state index in [0.717, 1.165) is 23.4 Å². The van der Waals surface area contributed by atoms with Gasteiger partial charge in [0.2, 0.25) is 5.28 Å². The Morgan fingerprint density at radius 3 is 2.94 bits per heavy atom. The van der Waals surface area contributed by atoms with E-state index in [1.165, 1.54) is 5.57 Å². The molecular weight excluding hydrogens is 287 g/mol. The summed E-state index contributed by atoms with van der Waals surface area (Å²) >= 11 is 19.7. The van der Waals surface area contributed by atoms with E-state index >= 15 is 0 Å². The van der Waals surface area contributed by atoms with Crippen molar-refractivity contribution in [2.24, 2.45) is 0 Å². The highest BCUT2D eigenvalue weighted by Crippen LogP contribution is 2.50. The van der Waals surface area contributed by atoms with Crippen molar-refractivity contribution in [2.75, 3.05) is 0 Å². The zero-order valence-corrected chi connectivity index (χ0v) is 11.2. The molecule has 16 heavy (non-hydrogen) atoms. The third-order valence-electron chi connectivity index (χ3n) is 2.74. The molecule has 84 valence electrons. The fraction of sp³-hybridized carbons (Fsp3) is 0.400. The molecular formula is C10H7Cl3N2S. The maximum absolute atomic E-state index is 6.14. The number of aromatic nitrogens is 2. The summed E-state index contributed by atoms with van der Waals surface area (Å²) in [7, 11) is 0. The Morgan fingerprint density at radius 2 is 2.12 bits per heavy atom. The summed E-state index contributed by atoms with van der Waals surface area (Å²) in [6.07, 6.45) is 3.97. The number of hydrogen-bond donors (Lipinski definition) is 0. The molecule has 1 aromatic rings. The molecule has 1 aliphatic heterocycles. The summed E-state index contributed by atoms with van der Waals surface area (Å²) in [5.41, 5.74) is 2.10. The van der Waals surface area contributed by atoms with E-state index < -0.39 is 0 Å². The van der Waals surface area contributed by atoms with Crippen molar-refractivity contribution < 1.29 is 0 Å². The van der Waals surface area contributed by atoms with Crippen molar-refractivity contribution in [2.45, 2.75) is 28.4 Å². The van der Waals surface area contributed by atoms with Gasteiger partial charge >= 0.3 is 0 Å². The standard InChI is InChI=1S/C10H7Cl3N2S/c11-4-1-2-5-6(3-4)16-8-7(5)14-10(13)15-9(8)12/h2,4,6H,1,3H2. The predicted octanol–water partition coefficient (Wildman–Crippen LogP) is 4.04. The molecule has 0 saturated carbocycles. The predicted molar refractivity (Wildman–Crippen MR) is 68.5 cm³/mol. The molecule has 2 atom stereocenters. The van der Waals surface area contributed by atoms with E-state index in [4.69, 9.17) is 34.8 Å². The maximum Gasteiger partial charge on any atom is 0.224 e. The number of halogens is 3. The second-order valence-corrected chi connectivity index (χ2v) is 6.32. The third kappa shape index (κ3) is 1.74. The van der Waals surface area contributed by atoms with E-state index in [-0.39, 0.29) is 10.7 Å². The molecule has 2 nitrogen and oxygen atoms in total. The zero-order chi connectivity index (χ0) is 11.3. The van der Waals surface area contributed by atoms with Gasteiger partial charge in [-0.2, -0.15) is 0 Å². The normalized spacial score (nSPS) is 27.3. The van der Waals surface area contributed by atoms with Gasteiger partial charge in [-0.15, -0.1) is 23.4 Å². The minimum Gasteiger partial charge on any atom is -0.217 e. The van der Waals surface area contributed by atoms with Gasteiger partial charge in [-0.1, -0.05) is 17.7 Å². The molecule has 1 aliphatic carbocycles. The average Bonchev–Trinajstić information content (AvgIpc) is 2.56. The lowest BCUT2D eigenvalue weighted by Gasteiger charge is -2.19. The molecule has 0 radical (unpaired) electrons. The Bertz CT molecular complexity index is 489. The highest BCUT2D eigenvalue weighted by Gasteiger charge is 2.35. The van der Waals surface area contributed by atoms with Crippen LogP contribution in [0.25, 0.3) is 5.57 Å². The smallest absolute Gasteiger partial charge is 0.217 e. The Hall–Kier alpha value is 0.0400. The molecule has 0 aromatic carbocycles. The monoisotopic (exact) mass is 292 g/mol. The number of rotatable bonds is 0. The Kier molecular flexibility index (Phi) is 2.83. The molecule has 0 amide bonds. The van der Waals surface area contributed by atoms with Crippen LogP contribution < -0.4 is 0 Å². The quantitative estimate of drug-likeness (QED) is 0.410. The van der Waals surface area contributed by atoms with E-state index in [9.17, 15) is 0 Å². The van der Waals surface area contributed by atoms with Gasteiger partial charge in [0.15, 0.2) is 0 Å². The summed E-state index contributed by atoms with van der Waals surface area (Å²) in [5.74, 6) is 0. The molecule has 6 heteroatoms. The van der Waals surface area contributed by atoms with Crippen LogP contribution in [0.15, 0.2) is 11.0 Å². The molecule has 2 heterocycles. The first-order valence-corrected chi connectivity index (χ1v) is 6.96. The minimum atomic E-state index is 0.206. The van der Waals surface area contributed by atoms with E-state index in [1.54, 1.807) is 11.8 Å². The largest absolute Gasteiger partial charge is 0.224 e. The Balaban J connectivity index is 2.12. The molecule has 2 unspecified atom stereocenters. The topological polar surface area (TPSA) is 25.8 Å². The van der Waals surface area contributed by atoms with Crippen molar-refractivity contribution in [3.8, 4) is 0 Å². The van der Waals surface area contributed by atoms with Gasteiger partial charge in [0.05, 0.1) is 10.6 Å². The average molecular weight is 294 g/mol. The fourth-order valence-corrected chi connectivity index (χ4v) is 4.30. The van der Waals surface area contributed by atoms with Gasteiger partial charge in [-0.3, -0.25) is 0 Å². The molecule has 2 aliphatic rings. The first kappa shape index (κ1) is 11.1. The molecule has 0 spiro atoms. The van der Waals surface area contributed by atoms with Gasteiger partial charge in [-0.25, -0.2) is 9.97 Å². The summed E-state index contributed by atoms with van der Waals surface area (Å²) in [6.45, 7) is 0. The van der Waals surface area contributed by atoms with Gasteiger partial charge < -0.3 is 0 Å². The number of hydrogen-bond acceptors (Lipinski definition) is 3. The molecule has 1 aromatic heterocycles. The van der Waals surface area contributed by atoms with Crippen LogP contribution in [0.3, 0.4) is 0 Å². The van der Waals surface area contributed by atoms with E-state index in [1.807, 2.05) is 0 Å². The number of fused-ring (bicyclic) bond motifs is 3. The molecule has 0 fully saturated rings. The summed E-state index contributed by atoms with van der Waals surface area (Å²) in [5, 5.41) is 1.22. The second kappa shape index (κ2) is 4.05. The van der Waals surface area contributed by atoms with Gasteiger partial charge in [0, 0.05) is 10.6 Å². The summed E-state index contributed by atoms with van der Waals surface area (Å²) < 4.78 is 0. The van der Waals surface area contributed by atoms with E-state index in [2.05, 4.69) is 16.0 Å². The fourth-order valence-electron chi connectivity index (χ4n) is 2.04.